The van der Waals surface area contributed by atoms with Crippen LogP contribution in [0.4, 0.5) is 0 Å². The first-order valence-corrected chi connectivity index (χ1v) is 5.97. The highest BCUT2D eigenvalue weighted by atomic mass is 16.5. The molecule has 2 aromatic carbocycles. The van der Waals surface area contributed by atoms with Crippen molar-refractivity contribution in [2.45, 2.75) is 0 Å². The first kappa shape index (κ1) is 12.1. The number of nitrogens with zero attached hydrogens (tertiary/aromatic N) is 2. The Kier molecular flexibility index (Phi) is 3.01. The van der Waals surface area contributed by atoms with E-state index < -0.39 is 5.97 Å². The second-order valence-corrected chi connectivity index (χ2v) is 4.09. The van der Waals surface area contributed by atoms with Crippen molar-refractivity contribution in [3.8, 4) is 11.6 Å². The Morgan fingerprint density at radius 2 is 1.65 bits per heavy atom. The number of aromatic carboxylic acids is 1. The zero-order chi connectivity index (χ0) is 13.9. The van der Waals surface area contributed by atoms with Gasteiger partial charge in [-0.25, -0.2) is 9.78 Å². The van der Waals surface area contributed by atoms with Gasteiger partial charge < -0.3 is 9.84 Å². The van der Waals surface area contributed by atoms with E-state index in [0.29, 0.717) is 16.7 Å². The highest BCUT2D eigenvalue weighted by Crippen LogP contribution is 2.27. The van der Waals surface area contributed by atoms with Crippen LogP contribution in [0.15, 0.2) is 54.6 Å². The zero-order valence-corrected chi connectivity index (χ0v) is 10.4. The molecule has 0 unspecified atom stereocenters. The van der Waals surface area contributed by atoms with Crippen molar-refractivity contribution in [3.05, 3.63) is 60.4 Å². The van der Waals surface area contributed by atoms with Crippen LogP contribution in [-0.4, -0.2) is 21.0 Å². The van der Waals surface area contributed by atoms with Gasteiger partial charge in [0.1, 0.15) is 5.75 Å². The van der Waals surface area contributed by atoms with Crippen LogP contribution in [0, 0.1) is 0 Å². The second kappa shape index (κ2) is 4.97. The van der Waals surface area contributed by atoms with Crippen LogP contribution in [0.5, 0.6) is 11.6 Å². The summed E-state index contributed by atoms with van der Waals surface area (Å²) in [6.07, 6.45) is 0. The summed E-state index contributed by atoms with van der Waals surface area (Å²) in [5, 5.41) is 9.72. The Bertz CT molecular complexity index is 772. The van der Waals surface area contributed by atoms with Crippen LogP contribution in [0.2, 0.25) is 0 Å². The first-order chi connectivity index (χ1) is 9.74. The molecule has 3 rings (SSSR count). The molecule has 0 aliphatic rings. The van der Waals surface area contributed by atoms with Crippen LogP contribution >= 0.6 is 0 Å². The van der Waals surface area contributed by atoms with Crippen molar-refractivity contribution < 1.29 is 14.6 Å². The molecule has 0 atom stereocenters. The molecule has 1 aromatic heterocycles. The number of ether oxygens (including phenoxy) is 1. The topological polar surface area (TPSA) is 72.3 Å². The van der Waals surface area contributed by atoms with Crippen molar-refractivity contribution >= 4 is 16.9 Å². The lowest BCUT2D eigenvalue weighted by atomic mass is 10.2. The molecule has 0 aliphatic carbocycles. The molecule has 3 aromatic rings. The van der Waals surface area contributed by atoms with Gasteiger partial charge in [0.05, 0.1) is 10.9 Å². The number of hydrogen-bond acceptors (Lipinski definition) is 4. The largest absolute Gasteiger partial charge is 0.475 e. The normalized spacial score (nSPS) is 10.4. The minimum atomic E-state index is -1.19. The number of hydrogen-bond donors (Lipinski definition) is 1. The van der Waals surface area contributed by atoms with Gasteiger partial charge in [-0.1, -0.05) is 30.3 Å². The molecule has 20 heavy (non-hydrogen) atoms. The van der Waals surface area contributed by atoms with Crippen molar-refractivity contribution in [3.63, 3.8) is 0 Å². The molecule has 0 saturated heterocycles. The fourth-order valence-electron chi connectivity index (χ4n) is 1.82. The SMILES string of the molecule is O=C(O)c1nc(Oc2ccccc2)c2ccccc2n1. The summed E-state index contributed by atoms with van der Waals surface area (Å²) in [5.74, 6) is -0.643. The summed E-state index contributed by atoms with van der Waals surface area (Å²) in [4.78, 5) is 19.0. The first-order valence-electron chi connectivity index (χ1n) is 5.97. The van der Waals surface area contributed by atoms with Gasteiger partial charge in [-0.05, 0) is 24.3 Å². The van der Waals surface area contributed by atoms with Gasteiger partial charge in [0.2, 0.25) is 11.7 Å². The molecule has 0 aliphatic heterocycles. The van der Waals surface area contributed by atoms with E-state index in [-0.39, 0.29) is 11.7 Å². The van der Waals surface area contributed by atoms with E-state index in [1.54, 1.807) is 30.3 Å². The molecule has 5 heteroatoms. The van der Waals surface area contributed by atoms with Crippen LogP contribution < -0.4 is 4.74 Å². The van der Waals surface area contributed by atoms with Crippen molar-refractivity contribution in [1.82, 2.24) is 9.97 Å². The highest BCUT2D eigenvalue weighted by Gasteiger charge is 2.13. The van der Waals surface area contributed by atoms with Gasteiger partial charge in [-0.15, -0.1) is 0 Å². The fourth-order valence-corrected chi connectivity index (χ4v) is 1.82. The molecule has 0 spiro atoms. The quantitative estimate of drug-likeness (QED) is 0.788. The summed E-state index contributed by atoms with van der Waals surface area (Å²) in [6.45, 7) is 0. The number of fused-ring (bicyclic) bond motifs is 1. The smallest absolute Gasteiger partial charge is 0.374 e. The Labute approximate surface area is 114 Å². The number of carboxylic acid groups (broad SMARTS) is 1. The zero-order valence-electron chi connectivity index (χ0n) is 10.4. The third kappa shape index (κ3) is 2.29. The van der Waals surface area contributed by atoms with Crippen molar-refractivity contribution in [2.24, 2.45) is 0 Å². The molecule has 1 N–H and O–H groups in total. The van der Waals surface area contributed by atoms with Crippen LogP contribution in [-0.2, 0) is 0 Å². The third-order valence-electron chi connectivity index (χ3n) is 2.72. The summed E-state index contributed by atoms with van der Waals surface area (Å²) < 4.78 is 5.67. The van der Waals surface area contributed by atoms with E-state index in [1.807, 2.05) is 24.3 Å². The van der Waals surface area contributed by atoms with Crippen LogP contribution in [0.1, 0.15) is 10.6 Å². The summed E-state index contributed by atoms with van der Waals surface area (Å²) in [6, 6.07) is 16.2. The Hall–Kier alpha value is -2.95. The minimum Gasteiger partial charge on any atom is -0.475 e. The summed E-state index contributed by atoms with van der Waals surface area (Å²) in [5.41, 5.74) is 0.533. The van der Waals surface area contributed by atoms with Gasteiger partial charge in [-0.3, -0.25) is 0 Å². The monoisotopic (exact) mass is 266 g/mol. The third-order valence-corrected chi connectivity index (χ3v) is 2.72. The lowest BCUT2D eigenvalue weighted by Crippen LogP contribution is -2.05. The predicted octanol–water partition coefficient (Wildman–Crippen LogP) is 3.12. The Balaban J connectivity index is 2.15. The van der Waals surface area contributed by atoms with Gasteiger partial charge >= 0.3 is 5.97 Å². The summed E-state index contributed by atoms with van der Waals surface area (Å²) in [7, 11) is 0. The lowest BCUT2D eigenvalue weighted by Gasteiger charge is -2.08. The fraction of sp³-hybridized carbons (Fsp3) is 0. The van der Waals surface area contributed by atoms with E-state index in [2.05, 4.69) is 9.97 Å². The molecular formula is C15H10N2O3. The molecular weight excluding hydrogens is 256 g/mol. The van der Waals surface area contributed by atoms with Crippen LogP contribution in [0.25, 0.3) is 10.9 Å². The maximum absolute atomic E-state index is 11.1. The highest BCUT2D eigenvalue weighted by molar-refractivity contribution is 5.90. The molecule has 0 bridgehead atoms. The standard InChI is InChI=1S/C15H10N2O3/c18-15(19)13-16-12-9-5-4-8-11(12)14(17-13)20-10-6-2-1-3-7-10/h1-9H,(H,18,19). The van der Waals surface area contributed by atoms with Gasteiger partial charge in [0, 0.05) is 0 Å². The number of carbonyl (C=O) groups is 1. The number of benzene rings is 2. The predicted molar refractivity (Wildman–Crippen MR) is 73.0 cm³/mol. The molecule has 1 heterocycles. The van der Waals surface area contributed by atoms with Gasteiger partial charge in [0.25, 0.3) is 0 Å². The van der Waals surface area contributed by atoms with E-state index in [9.17, 15) is 4.79 Å². The molecule has 0 amide bonds. The van der Waals surface area contributed by atoms with Gasteiger partial charge in [0.15, 0.2) is 0 Å². The van der Waals surface area contributed by atoms with Gasteiger partial charge in [-0.2, -0.15) is 4.98 Å². The van der Waals surface area contributed by atoms with Crippen LogP contribution in [0.3, 0.4) is 0 Å². The molecule has 5 nitrogen and oxygen atoms in total. The molecule has 0 saturated carbocycles. The number of rotatable bonds is 3. The molecule has 98 valence electrons. The van der Waals surface area contributed by atoms with E-state index in [0.717, 1.165) is 0 Å². The number of carboxylic acids is 1. The molecule has 0 radical (unpaired) electrons. The van der Waals surface area contributed by atoms with Crippen molar-refractivity contribution in [2.75, 3.05) is 0 Å². The van der Waals surface area contributed by atoms with E-state index in [1.165, 1.54) is 0 Å². The number of para-hydroxylation sites is 2. The maximum Gasteiger partial charge on any atom is 0.374 e. The van der Waals surface area contributed by atoms with E-state index >= 15 is 0 Å². The average Bonchev–Trinajstić information content (AvgIpc) is 2.48. The average molecular weight is 266 g/mol. The lowest BCUT2D eigenvalue weighted by molar-refractivity contribution is 0.0683. The Morgan fingerprint density at radius 1 is 0.950 bits per heavy atom. The molecule has 0 fully saturated rings. The summed E-state index contributed by atoms with van der Waals surface area (Å²) >= 11 is 0. The maximum atomic E-state index is 11.1. The minimum absolute atomic E-state index is 0.235. The number of aromatic nitrogens is 2. The second-order valence-electron chi connectivity index (χ2n) is 4.09. The van der Waals surface area contributed by atoms with E-state index in [4.69, 9.17) is 9.84 Å². The van der Waals surface area contributed by atoms with Crippen molar-refractivity contribution in [1.29, 1.82) is 0 Å². The Morgan fingerprint density at radius 3 is 2.40 bits per heavy atom.